The quantitative estimate of drug-likeness (QED) is 0.773. The Morgan fingerprint density at radius 3 is 1.55 bits per heavy atom. The number of methoxy groups -OCH3 is 1. The molecule has 0 atom stereocenters. The van der Waals surface area contributed by atoms with Gasteiger partial charge in [-0.05, 0) is 16.9 Å². The lowest BCUT2D eigenvalue weighted by atomic mass is 9.78. The molecular weight excluding hydrogens is 256 g/mol. The predicted octanol–water partition coefficient (Wildman–Crippen LogP) is 3.48. The van der Waals surface area contributed by atoms with Gasteiger partial charge in [-0.1, -0.05) is 41.5 Å². The zero-order valence-corrected chi connectivity index (χ0v) is 13.3. The molecule has 1 aromatic carbocycles. The minimum atomic E-state index is -0.739. The Kier molecular flexibility index (Phi) is 4.09. The average molecular weight is 280 g/mol. The fourth-order valence-corrected chi connectivity index (χ4v) is 2.10. The molecule has 0 spiro atoms. The van der Waals surface area contributed by atoms with Crippen LogP contribution >= 0.6 is 0 Å². The van der Waals surface area contributed by atoms with Crippen LogP contribution in [0.25, 0.3) is 0 Å². The van der Waals surface area contributed by atoms with Crippen LogP contribution in [0.2, 0.25) is 0 Å². The standard InChI is InChI=1S/C16H24O4/c1-15(2,3)9-8-10(16(4,5)6)13(18)11(12(9)17)14(19)20-7/h8,17-18H,1-7H3. The molecule has 0 saturated heterocycles. The summed E-state index contributed by atoms with van der Waals surface area (Å²) in [6.07, 6.45) is 0. The number of phenols is 2. The maximum absolute atomic E-state index is 11.9. The van der Waals surface area contributed by atoms with Crippen molar-refractivity contribution in [1.29, 1.82) is 0 Å². The van der Waals surface area contributed by atoms with Gasteiger partial charge in [-0.25, -0.2) is 4.79 Å². The highest BCUT2D eigenvalue weighted by atomic mass is 16.5. The number of esters is 1. The molecule has 2 N–H and O–H groups in total. The number of hydrogen-bond donors (Lipinski definition) is 2. The van der Waals surface area contributed by atoms with E-state index < -0.39 is 5.97 Å². The Morgan fingerprint density at radius 2 is 1.30 bits per heavy atom. The SMILES string of the molecule is COC(=O)c1c(O)c(C(C)(C)C)cc(C(C)(C)C)c1O. The Morgan fingerprint density at radius 1 is 0.950 bits per heavy atom. The summed E-state index contributed by atoms with van der Waals surface area (Å²) in [6, 6.07) is 1.76. The summed E-state index contributed by atoms with van der Waals surface area (Å²) < 4.78 is 4.67. The third kappa shape index (κ3) is 2.89. The van der Waals surface area contributed by atoms with Gasteiger partial charge < -0.3 is 14.9 Å². The minimum Gasteiger partial charge on any atom is -0.507 e. The van der Waals surface area contributed by atoms with Crippen molar-refractivity contribution in [1.82, 2.24) is 0 Å². The third-order valence-corrected chi connectivity index (χ3v) is 3.28. The molecule has 0 heterocycles. The summed E-state index contributed by atoms with van der Waals surface area (Å²) in [5, 5.41) is 20.7. The summed E-state index contributed by atoms with van der Waals surface area (Å²) in [5.74, 6) is -1.17. The van der Waals surface area contributed by atoms with Crippen molar-refractivity contribution in [3.8, 4) is 11.5 Å². The number of carbonyl (C=O) groups excluding carboxylic acids is 1. The maximum Gasteiger partial charge on any atom is 0.345 e. The van der Waals surface area contributed by atoms with Crippen LogP contribution in [0.4, 0.5) is 0 Å². The van der Waals surface area contributed by atoms with Crippen molar-refractivity contribution < 1.29 is 19.7 Å². The molecule has 0 fully saturated rings. The lowest BCUT2D eigenvalue weighted by Gasteiger charge is -2.28. The first-order chi connectivity index (χ1) is 8.91. The Hall–Kier alpha value is -1.71. The van der Waals surface area contributed by atoms with E-state index in [1.807, 2.05) is 41.5 Å². The van der Waals surface area contributed by atoms with Crippen molar-refractivity contribution >= 4 is 5.97 Å². The highest BCUT2D eigenvalue weighted by Crippen LogP contribution is 2.44. The van der Waals surface area contributed by atoms with Gasteiger partial charge in [-0.2, -0.15) is 0 Å². The van der Waals surface area contributed by atoms with Crippen molar-refractivity contribution in [3.05, 3.63) is 22.8 Å². The van der Waals surface area contributed by atoms with Crippen LogP contribution in [0.3, 0.4) is 0 Å². The highest BCUT2D eigenvalue weighted by molar-refractivity contribution is 5.96. The van der Waals surface area contributed by atoms with Gasteiger partial charge in [0.05, 0.1) is 7.11 Å². The van der Waals surface area contributed by atoms with E-state index in [9.17, 15) is 15.0 Å². The lowest BCUT2D eigenvalue weighted by molar-refractivity contribution is 0.0593. The first-order valence-electron chi connectivity index (χ1n) is 6.59. The van der Waals surface area contributed by atoms with Gasteiger partial charge in [0, 0.05) is 11.1 Å². The summed E-state index contributed by atoms with van der Waals surface area (Å²) >= 11 is 0. The predicted molar refractivity (Wildman–Crippen MR) is 78.5 cm³/mol. The highest BCUT2D eigenvalue weighted by Gasteiger charge is 2.32. The van der Waals surface area contributed by atoms with E-state index in [4.69, 9.17) is 0 Å². The maximum atomic E-state index is 11.9. The topological polar surface area (TPSA) is 66.8 Å². The summed E-state index contributed by atoms with van der Waals surface area (Å²) in [7, 11) is 1.22. The van der Waals surface area contributed by atoms with Gasteiger partial charge in [0.15, 0.2) is 0 Å². The van der Waals surface area contributed by atoms with Crippen LogP contribution in [0, 0.1) is 0 Å². The van der Waals surface area contributed by atoms with Gasteiger partial charge in [0.2, 0.25) is 0 Å². The smallest absolute Gasteiger partial charge is 0.345 e. The van der Waals surface area contributed by atoms with Crippen molar-refractivity contribution in [2.45, 2.75) is 52.4 Å². The Labute approximate surface area is 120 Å². The van der Waals surface area contributed by atoms with Crippen LogP contribution < -0.4 is 0 Å². The molecule has 0 aliphatic heterocycles. The molecule has 0 aliphatic carbocycles. The van der Waals surface area contributed by atoms with Crippen molar-refractivity contribution in [2.75, 3.05) is 7.11 Å². The van der Waals surface area contributed by atoms with E-state index in [1.54, 1.807) is 6.07 Å². The zero-order chi connectivity index (χ0) is 15.9. The number of ether oxygens (including phenoxy) is 1. The number of hydrogen-bond acceptors (Lipinski definition) is 4. The average Bonchev–Trinajstić information content (AvgIpc) is 2.25. The fraction of sp³-hybridized carbons (Fsp3) is 0.562. The van der Waals surface area contributed by atoms with Gasteiger partial charge in [-0.15, -0.1) is 0 Å². The van der Waals surface area contributed by atoms with Crippen LogP contribution in [0.5, 0.6) is 11.5 Å². The monoisotopic (exact) mass is 280 g/mol. The normalized spacial score (nSPS) is 12.3. The first-order valence-corrected chi connectivity index (χ1v) is 6.59. The van der Waals surface area contributed by atoms with E-state index in [2.05, 4.69) is 4.74 Å². The van der Waals surface area contributed by atoms with Gasteiger partial charge in [0.25, 0.3) is 0 Å². The van der Waals surface area contributed by atoms with Crippen LogP contribution in [0.1, 0.15) is 63.0 Å². The minimum absolute atomic E-state index is 0.162. The number of carbonyl (C=O) groups is 1. The largest absolute Gasteiger partial charge is 0.507 e. The summed E-state index contributed by atoms with van der Waals surface area (Å²) in [5.41, 5.74) is 0.340. The second-order valence-corrected chi connectivity index (χ2v) is 7.04. The third-order valence-electron chi connectivity index (χ3n) is 3.28. The van der Waals surface area contributed by atoms with E-state index in [0.29, 0.717) is 11.1 Å². The number of phenolic OH excluding ortho intramolecular Hbond substituents is 2. The van der Waals surface area contributed by atoms with Gasteiger partial charge in [0.1, 0.15) is 17.1 Å². The molecule has 20 heavy (non-hydrogen) atoms. The molecule has 4 nitrogen and oxygen atoms in total. The van der Waals surface area contributed by atoms with Crippen LogP contribution in [-0.4, -0.2) is 23.3 Å². The molecule has 0 unspecified atom stereocenters. The van der Waals surface area contributed by atoms with Crippen molar-refractivity contribution in [3.63, 3.8) is 0 Å². The lowest BCUT2D eigenvalue weighted by Crippen LogP contribution is -2.19. The molecule has 0 aromatic heterocycles. The second-order valence-electron chi connectivity index (χ2n) is 7.04. The molecule has 1 rings (SSSR count). The summed E-state index contributed by atoms with van der Waals surface area (Å²) in [6.45, 7) is 11.6. The van der Waals surface area contributed by atoms with Gasteiger partial charge >= 0.3 is 5.97 Å². The van der Waals surface area contributed by atoms with E-state index in [0.717, 1.165) is 0 Å². The van der Waals surface area contributed by atoms with E-state index in [-0.39, 0.29) is 27.9 Å². The molecule has 1 aromatic rings. The second kappa shape index (κ2) is 5.00. The van der Waals surface area contributed by atoms with Crippen molar-refractivity contribution in [2.24, 2.45) is 0 Å². The Balaban J connectivity index is 3.80. The molecule has 0 amide bonds. The van der Waals surface area contributed by atoms with Gasteiger partial charge in [-0.3, -0.25) is 0 Å². The number of benzene rings is 1. The molecule has 0 bridgehead atoms. The van der Waals surface area contributed by atoms with Crippen LogP contribution in [-0.2, 0) is 15.6 Å². The molecular formula is C16H24O4. The Bertz CT molecular complexity index is 493. The number of rotatable bonds is 1. The molecule has 0 saturated carbocycles. The summed E-state index contributed by atoms with van der Waals surface area (Å²) in [4.78, 5) is 11.9. The molecule has 0 aliphatic rings. The first kappa shape index (κ1) is 16.3. The molecule has 0 radical (unpaired) electrons. The zero-order valence-electron chi connectivity index (χ0n) is 13.3. The fourth-order valence-electron chi connectivity index (χ4n) is 2.10. The molecule has 112 valence electrons. The van der Waals surface area contributed by atoms with Crippen LogP contribution in [0.15, 0.2) is 6.07 Å². The number of aromatic hydroxyl groups is 2. The van der Waals surface area contributed by atoms with E-state index >= 15 is 0 Å². The van der Waals surface area contributed by atoms with E-state index in [1.165, 1.54) is 7.11 Å². The molecule has 4 heteroatoms.